The molecule has 1 saturated heterocycles. The summed E-state index contributed by atoms with van der Waals surface area (Å²) in [4.78, 5) is 34.2. The lowest BCUT2D eigenvalue weighted by atomic mass is 9.96. The molecule has 0 spiro atoms. The maximum Gasteiger partial charge on any atom is 0.295 e. The van der Waals surface area contributed by atoms with Crippen LogP contribution in [-0.4, -0.2) is 63.2 Å². The number of pyridine rings is 1. The normalized spacial score (nSPS) is 18.3. The van der Waals surface area contributed by atoms with E-state index in [0.29, 0.717) is 40.7 Å². The van der Waals surface area contributed by atoms with E-state index >= 15 is 0 Å². The molecule has 32 heavy (non-hydrogen) atoms. The Morgan fingerprint density at radius 2 is 1.94 bits per heavy atom. The molecule has 1 aliphatic heterocycles. The van der Waals surface area contributed by atoms with Crippen molar-refractivity contribution in [1.29, 1.82) is 0 Å². The van der Waals surface area contributed by atoms with Gasteiger partial charge in [-0.05, 0) is 57.3 Å². The number of imidazole rings is 1. The number of aliphatic hydroxyl groups excluding tert-OH is 1. The minimum atomic E-state index is -0.747. The summed E-state index contributed by atoms with van der Waals surface area (Å²) in [5, 5.41) is 11.9. The first-order chi connectivity index (χ1) is 15.2. The van der Waals surface area contributed by atoms with Crippen LogP contribution in [0.1, 0.15) is 28.6 Å². The zero-order chi connectivity index (χ0) is 23.2. The Morgan fingerprint density at radius 1 is 1.19 bits per heavy atom. The molecule has 0 bridgehead atoms. The Hall–Kier alpha value is -3.16. The van der Waals surface area contributed by atoms with Gasteiger partial charge in [-0.15, -0.1) is 0 Å². The summed E-state index contributed by atoms with van der Waals surface area (Å²) in [6, 6.07) is 10.1. The lowest BCUT2D eigenvalue weighted by Crippen LogP contribution is -2.35. The van der Waals surface area contributed by atoms with Gasteiger partial charge in [-0.2, -0.15) is 0 Å². The highest BCUT2D eigenvalue weighted by Crippen LogP contribution is 2.40. The highest BCUT2D eigenvalue weighted by Gasteiger charge is 2.46. The summed E-state index contributed by atoms with van der Waals surface area (Å²) in [6.45, 7) is 4.60. The van der Waals surface area contributed by atoms with Gasteiger partial charge in [0.2, 0.25) is 0 Å². The minimum Gasteiger partial charge on any atom is -0.505 e. The van der Waals surface area contributed by atoms with Gasteiger partial charge in [0.15, 0.2) is 5.76 Å². The van der Waals surface area contributed by atoms with E-state index in [1.165, 1.54) is 4.90 Å². The van der Waals surface area contributed by atoms with Crippen LogP contribution < -0.4 is 0 Å². The molecule has 0 radical (unpaired) electrons. The van der Waals surface area contributed by atoms with E-state index in [4.69, 9.17) is 11.6 Å². The minimum absolute atomic E-state index is 0.0439. The lowest BCUT2D eigenvalue weighted by Gasteiger charge is -2.26. The molecule has 1 aromatic carbocycles. The number of likely N-dealkylation sites (tertiary alicyclic amines) is 1. The van der Waals surface area contributed by atoms with E-state index < -0.39 is 17.7 Å². The van der Waals surface area contributed by atoms with Crippen molar-refractivity contribution in [2.24, 2.45) is 0 Å². The molecule has 3 aromatic rings. The molecule has 1 unspecified atom stereocenters. The van der Waals surface area contributed by atoms with Crippen LogP contribution in [-0.2, 0) is 9.59 Å². The second-order valence-corrected chi connectivity index (χ2v) is 8.72. The van der Waals surface area contributed by atoms with Crippen LogP contribution in [0.3, 0.4) is 0 Å². The van der Waals surface area contributed by atoms with Gasteiger partial charge < -0.3 is 14.9 Å². The van der Waals surface area contributed by atoms with Crippen LogP contribution in [0.5, 0.6) is 0 Å². The summed E-state index contributed by atoms with van der Waals surface area (Å²) in [6.07, 6.45) is 1.79. The molecular weight excluding hydrogens is 428 g/mol. The fraction of sp³-hybridized carbons (Fsp3) is 0.292. The molecular formula is C24H25ClN4O3. The Labute approximate surface area is 191 Å². The first kappa shape index (κ1) is 22.0. The number of amides is 1. The molecule has 8 heteroatoms. The zero-order valence-corrected chi connectivity index (χ0v) is 19.2. The van der Waals surface area contributed by atoms with E-state index in [9.17, 15) is 14.7 Å². The van der Waals surface area contributed by atoms with Crippen molar-refractivity contribution in [2.75, 3.05) is 27.2 Å². The van der Waals surface area contributed by atoms with Crippen molar-refractivity contribution < 1.29 is 14.7 Å². The fourth-order valence-electron chi connectivity index (χ4n) is 4.17. The van der Waals surface area contributed by atoms with Crippen LogP contribution in [0.25, 0.3) is 11.4 Å². The smallest absolute Gasteiger partial charge is 0.295 e. The summed E-state index contributed by atoms with van der Waals surface area (Å²) < 4.78 is 1.75. The Morgan fingerprint density at radius 3 is 2.62 bits per heavy atom. The number of ketones is 1. The van der Waals surface area contributed by atoms with Crippen LogP contribution in [0.15, 0.2) is 48.2 Å². The number of hydrogen-bond acceptors (Lipinski definition) is 5. The second kappa shape index (κ2) is 8.41. The fourth-order valence-corrected chi connectivity index (χ4v) is 4.37. The van der Waals surface area contributed by atoms with Gasteiger partial charge in [-0.3, -0.25) is 14.0 Å². The van der Waals surface area contributed by atoms with Crippen molar-refractivity contribution in [1.82, 2.24) is 19.2 Å². The van der Waals surface area contributed by atoms with E-state index in [1.54, 1.807) is 35.7 Å². The quantitative estimate of drug-likeness (QED) is 0.363. The predicted octanol–water partition coefficient (Wildman–Crippen LogP) is 3.59. The van der Waals surface area contributed by atoms with Gasteiger partial charge in [-0.1, -0.05) is 29.8 Å². The number of benzene rings is 1. The van der Waals surface area contributed by atoms with Crippen LogP contribution in [0.2, 0.25) is 5.02 Å². The topological polar surface area (TPSA) is 78.1 Å². The third-order valence-corrected chi connectivity index (χ3v) is 5.97. The predicted molar refractivity (Wildman–Crippen MR) is 124 cm³/mol. The molecule has 0 aliphatic carbocycles. The Balaban J connectivity index is 1.95. The van der Waals surface area contributed by atoms with Crippen LogP contribution in [0, 0.1) is 13.8 Å². The number of carbonyl (C=O) groups excluding carboxylic acids is 2. The number of fused-ring (bicyclic) bond motifs is 1. The Bertz CT molecular complexity index is 1260. The standard InChI is InChI=1S/C24H25ClN4O3/c1-14-7-6-10-28-19(15(2)26-23(14)28)21(30)18-20(16-8-5-9-17(25)13-16)29(12-11-27(3)4)24(32)22(18)31/h5-10,13,20,30H,11-12H2,1-4H3/b21-18+. The first-order valence-electron chi connectivity index (χ1n) is 10.3. The number of hydrogen-bond donors (Lipinski definition) is 1. The molecule has 1 fully saturated rings. The number of aryl methyl sites for hydroxylation is 2. The maximum absolute atomic E-state index is 13.2. The molecule has 4 rings (SSSR count). The molecule has 166 valence electrons. The van der Waals surface area contributed by atoms with Crippen molar-refractivity contribution in [3.05, 3.63) is 75.7 Å². The van der Waals surface area contributed by atoms with Crippen LogP contribution >= 0.6 is 11.6 Å². The van der Waals surface area contributed by atoms with Gasteiger partial charge >= 0.3 is 0 Å². The number of carbonyl (C=O) groups is 2. The van der Waals surface area contributed by atoms with Crippen molar-refractivity contribution >= 4 is 34.7 Å². The first-order valence-corrected chi connectivity index (χ1v) is 10.7. The lowest BCUT2D eigenvalue weighted by molar-refractivity contribution is -0.140. The molecule has 0 saturated carbocycles. The van der Waals surface area contributed by atoms with Gasteiger partial charge in [-0.25, -0.2) is 4.98 Å². The second-order valence-electron chi connectivity index (χ2n) is 8.28. The van der Waals surface area contributed by atoms with Crippen molar-refractivity contribution in [3.63, 3.8) is 0 Å². The van der Waals surface area contributed by atoms with E-state index in [0.717, 1.165) is 5.56 Å². The van der Waals surface area contributed by atoms with Crippen molar-refractivity contribution in [3.8, 4) is 0 Å². The molecule has 1 aliphatic rings. The highest BCUT2D eigenvalue weighted by molar-refractivity contribution is 6.46. The number of aliphatic hydroxyl groups is 1. The summed E-state index contributed by atoms with van der Waals surface area (Å²) in [7, 11) is 3.80. The van der Waals surface area contributed by atoms with Crippen molar-refractivity contribution in [2.45, 2.75) is 19.9 Å². The van der Waals surface area contributed by atoms with Gasteiger partial charge in [0, 0.05) is 24.3 Å². The Kier molecular flexibility index (Phi) is 5.79. The summed E-state index contributed by atoms with van der Waals surface area (Å²) in [5.74, 6) is -1.59. The van der Waals surface area contributed by atoms with E-state index in [-0.39, 0.29) is 11.3 Å². The zero-order valence-electron chi connectivity index (χ0n) is 18.5. The average molecular weight is 453 g/mol. The third kappa shape index (κ3) is 3.67. The third-order valence-electron chi connectivity index (χ3n) is 5.74. The number of rotatable bonds is 5. The number of Topliss-reactive ketones (excluding diaryl/α,β-unsaturated/α-hetero) is 1. The average Bonchev–Trinajstić information content (AvgIpc) is 3.21. The van der Waals surface area contributed by atoms with Crippen LogP contribution in [0.4, 0.5) is 0 Å². The number of likely N-dealkylation sites (N-methyl/N-ethyl adjacent to an activating group) is 1. The monoisotopic (exact) mass is 452 g/mol. The molecule has 1 N–H and O–H groups in total. The van der Waals surface area contributed by atoms with E-state index in [2.05, 4.69) is 4.98 Å². The largest absolute Gasteiger partial charge is 0.505 e. The number of halogens is 1. The molecule has 1 amide bonds. The van der Waals surface area contributed by atoms with E-state index in [1.807, 2.05) is 44.1 Å². The SMILES string of the molecule is Cc1nc2c(C)cccn2c1/C(O)=C1\C(=O)C(=O)N(CCN(C)C)C1c1cccc(Cl)c1. The molecule has 7 nitrogen and oxygen atoms in total. The maximum atomic E-state index is 13.2. The van der Waals surface area contributed by atoms with Gasteiger partial charge in [0.05, 0.1) is 17.3 Å². The molecule has 2 aromatic heterocycles. The number of nitrogens with zero attached hydrogens (tertiary/aromatic N) is 4. The summed E-state index contributed by atoms with van der Waals surface area (Å²) >= 11 is 6.23. The molecule has 1 atom stereocenters. The summed E-state index contributed by atoms with van der Waals surface area (Å²) in [5.41, 5.74) is 3.31. The molecule has 3 heterocycles. The van der Waals surface area contributed by atoms with Gasteiger partial charge in [0.1, 0.15) is 11.3 Å². The number of aromatic nitrogens is 2. The highest BCUT2D eigenvalue weighted by atomic mass is 35.5. The van der Waals surface area contributed by atoms with Gasteiger partial charge in [0.25, 0.3) is 11.7 Å².